The van der Waals surface area contributed by atoms with Crippen LogP contribution in [0.5, 0.6) is 11.5 Å². The maximum Gasteiger partial charge on any atom is 0.344 e. The zero-order valence-electron chi connectivity index (χ0n) is 20.2. The van der Waals surface area contributed by atoms with Gasteiger partial charge in [0.15, 0.2) is 0 Å². The molecule has 2 aromatic rings. The van der Waals surface area contributed by atoms with Gasteiger partial charge in [0.05, 0.1) is 20.8 Å². The van der Waals surface area contributed by atoms with Gasteiger partial charge in [0.25, 0.3) is 11.8 Å². The molecule has 0 spiro atoms. The van der Waals surface area contributed by atoms with Gasteiger partial charge in [0, 0.05) is 32.7 Å². The van der Waals surface area contributed by atoms with Crippen LogP contribution in [0, 0.1) is 0 Å². The number of piperazine rings is 1. The molecule has 2 heterocycles. The average Bonchev–Trinajstić information content (AvgIpc) is 3.09. The number of methoxy groups -OCH3 is 2. The first-order valence-corrected chi connectivity index (χ1v) is 11.5. The summed E-state index contributed by atoms with van der Waals surface area (Å²) in [5.41, 5.74) is 2.95. The van der Waals surface area contributed by atoms with Crippen molar-refractivity contribution in [1.29, 1.82) is 0 Å². The van der Waals surface area contributed by atoms with Crippen molar-refractivity contribution in [3.8, 4) is 11.5 Å². The van der Waals surface area contributed by atoms with Crippen molar-refractivity contribution in [3.63, 3.8) is 0 Å². The second kappa shape index (κ2) is 10.3. The highest BCUT2D eigenvalue weighted by Crippen LogP contribution is 2.30. The van der Waals surface area contributed by atoms with Gasteiger partial charge in [-0.25, -0.2) is 4.79 Å². The van der Waals surface area contributed by atoms with Crippen LogP contribution in [0.4, 0.5) is 4.79 Å². The van der Waals surface area contributed by atoms with Gasteiger partial charge in [-0.2, -0.15) is 5.01 Å². The number of nitrogens with one attached hydrogen (secondary N) is 2. The maximum absolute atomic E-state index is 13.1. The molecule has 0 aliphatic carbocycles. The van der Waals surface area contributed by atoms with Gasteiger partial charge < -0.3 is 14.8 Å². The molecule has 2 aliphatic heterocycles. The Balaban J connectivity index is 1.28. The molecule has 10 heteroatoms. The van der Waals surface area contributed by atoms with E-state index in [0.29, 0.717) is 24.4 Å². The van der Waals surface area contributed by atoms with E-state index in [2.05, 4.69) is 27.8 Å². The van der Waals surface area contributed by atoms with Crippen LogP contribution in [0.3, 0.4) is 0 Å². The van der Waals surface area contributed by atoms with Crippen molar-refractivity contribution < 1.29 is 23.9 Å². The molecular formula is C25H31N5O5. The third-order valence-corrected chi connectivity index (χ3v) is 6.47. The van der Waals surface area contributed by atoms with E-state index in [1.807, 2.05) is 17.0 Å². The molecule has 0 radical (unpaired) electrons. The summed E-state index contributed by atoms with van der Waals surface area (Å²) in [7, 11) is 3.18. The van der Waals surface area contributed by atoms with E-state index in [4.69, 9.17) is 9.47 Å². The van der Waals surface area contributed by atoms with Gasteiger partial charge in [-0.1, -0.05) is 24.3 Å². The number of rotatable bonds is 8. The number of carbonyl (C=O) groups is 3. The SMILES string of the molecule is COc1ccc(CN2CCN(CC(=O)NN3C(=O)NC(C)(c4cccc(OC)c4)C3=O)CC2)cc1. The van der Waals surface area contributed by atoms with Gasteiger partial charge in [0.1, 0.15) is 17.0 Å². The largest absolute Gasteiger partial charge is 0.497 e. The predicted molar refractivity (Wildman–Crippen MR) is 129 cm³/mol. The van der Waals surface area contributed by atoms with E-state index >= 15 is 0 Å². The van der Waals surface area contributed by atoms with Crippen molar-refractivity contribution in [3.05, 3.63) is 59.7 Å². The third-order valence-electron chi connectivity index (χ3n) is 6.47. The highest BCUT2D eigenvalue weighted by Gasteiger charge is 2.50. The molecule has 2 fully saturated rings. The number of hydrogen-bond donors (Lipinski definition) is 2. The molecule has 4 amide bonds. The summed E-state index contributed by atoms with van der Waals surface area (Å²) in [5.74, 6) is 0.443. The lowest BCUT2D eigenvalue weighted by Gasteiger charge is -2.34. The Morgan fingerprint density at radius 2 is 1.63 bits per heavy atom. The number of hydrogen-bond acceptors (Lipinski definition) is 7. The Labute approximate surface area is 204 Å². The van der Waals surface area contributed by atoms with Crippen LogP contribution in [0.15, 0.2) is 48.5 Å². The molecule has 0 saturated carbocycles. The number of ether oxygens (including phenoxy) is 2. The molecule has 0 bridgehead atoms. The minimum absolute atomic E-state index is 0.101. The molecule has 2 aromatic carbocycles. The number of hydrazine groups is 1. The molecule has 2 N–H and O–H groups in total. The predicted octanol–water partition coefficient (Wildman–Crippen LogP) is 1.32. The fourth-order valence-electron chi connectivity index (χ4n) is 4.33. The van der Waals surface area contributed by atoms with Crippen LogP contribution in [-0.4, -0.2) is 79.6 Å². The molecule has 35 heavy (non-hydrogen) atoms. The van der Waals surface area contributed by atoms with E-state index in [1.54, 1.807) is 38.3 Å². The second-order valence-corrected chi connectivity index (χ2v) is 8.86. The summed E-state index contributed by atoms with van der Waals surface area (Å²) in [6.45, 7) is 5.60. The fraction of sp³-hybridized carbons (Fsp3) is 0.400. The van der Waals surface area contributed by atoms with Gasteiger partial charge in [-0.3, -0.25) is 24.8 Å². The first-order chi connectivity index (χ1) is 16.8. The lowest BCUT2D eigenvalue weighted by atomic mass is 9.92. The molecule has 1 unspecified atom stereocenters. The van der Waals surface area contributed by atoms with Crippen LogP contribution >= 0.6 is 0 Å². The highest BCUT2D eigenvalue weighted by atomic mass is 16.5. The zero-order valence-corrected chi connectivity index (χ0v) is 20.2. The minimum Gasteiger partial charge on any atom is -0.497 e. The van der Waals surface area contributed by atoms with E-state index in [1.165, 1.54) is 12.7 Å². The number of carbonyl (C=O) groups excluding carboxylic acids is 3. The van der Waals surface area contributed by atoms with Crippen molar-refractivity contribution in [1.82, 2.24) is 25.6 Å². The summed E-state index contributed by atoms with van der Waals surface area (Å²) >= 11 is 0. The topological polar surface area (TPSA) is 103 Å². The monoisotopic (exact) mass is 481 g/mol. The number of imide groups is 1. The Hall–Kier alpha value is -3.63. The highest BCUT2D eigenvalue weighted by molar-refractivity contribution is 6.08. The Morgan fingerprint density at radius 3 is 2.29 bits per heavy atom. The summed E-state index contributed by atoms with van der Waals surface area (Å²) in [6.07, 6.45) is 0. The van der Waals surface area contributed by atoms with Crippen LogP contribution < -0.4 is 20.2 Å². The first kappa shape index (κ1) is 24.5. The minimum atomic E-state index is -1.30. The molecule has 0 aromatic heterocycles. The standard InChI is InChI=1S/C25H31N5O5/c1-25(19-5-4-6-21(15-19)35-3)23(32)30(24(33)26-25)27-22(31)17-29-13-11-28(12-14-29)16-18-7-9-20(34-2)10-8-18/h4-10,15H,11-14,16-17H2,1-3H3,(H,26,33)(H,27,31). The maximum atomic E-state index is 13.1. The van der Waals surface area contributed by atoms with Gasteiger partial charge in [-0.15, -0.1) is 0 Å². The lowest BCUT2D eigenvalue weighted by Crippen LogP contribution is -2.53. The van der Waals surface area contributed by atoms with Gasteiger partial charge in [0.2, 0.25) is 0 Å². The van der Waals surface area contributed by atoms with Crippen LogP contribution in [0.25, 0.3) is 0 Å². The number of urea groups is 1. The Kier molecular flexibility index (Phi) is 7.23. The third kappa shape index (κ3) is 5.39. The molecule has 10 nitrogen and oxygen atoms in total. The summed E-state index contributed by atoms with van der Waals surface area (Å²) in [6, 6.07) is 14.3. The van der Waals surface area contributed by atoms with Crippen LogP contribution in [-0.2, 0) is 21.7 Å². The van der Waals surface area contributed by atoms with Crippen LogP contribution in [0.2, 0.25) is 0 Å². The van der Waals surface area contributed by atoms with Crippen molar-refractivity contribution >= 4 is 17.8 Å². The summed E-state index contributed by atoms with van der Waals surface area (Å²) in [4.78, 5) is 42.6. The number of nitrogens with zero attached hydrogens (tertiary/aromatic N) is 3. The van der Waals surface area contributed by atoms with E-state index < -0.39 is 23.4 Å². The molecule has 2 aliphatic rings. The van der Waals surface area contributed by atoms with Crippen LogP contribution in [0.1, 0.15) is 18.1 Å². The lowest BCUT2D eigenvalue weighted by molar-refractivity contribution is -0.139. The first-order valence-electron chi connectivity index (χ1n) is 11.5. The smallest absolute Gasteiger partial charge is 0.344 e. The van der Waals surface area contributed by atoms with E-state index in [-0.39, 0.29) is 6.54 Å². The molecule has 186 valence electrons. The normalized spacial score (nSPS) is 21.1. The van der Waals surface area contributed by atoms with Crippen molar-refractivity contribution in [2.75, 3.05) is 46.9 Å². The van der Waals surface area contributed by atoms with Gasteiger partial charge in [-0.05, 0) is 42.3 Å². The second-order valence-electron chi connectivity index (χ2n) is 8.86. The quantitative estimate of drug-likeness (QED) is 0.548. The average molecular weight is 482 g/mol. The van der Waals surface area contributed by atoms with Crippen molar-refractivity contribution in [2.45, 2.75) is 19.0 Å². The molecular weight excluding hydrogens is 450 g/mol. The molecule has 1 atom stereocenters. The Morgan fingerprint density at radius 1 is 0.971 bits per heavy atom. The van der Waals surface area contributed by atoms with Gasteiger partial charge >= 0.3 is 6.03 Å². The molecule has 4 rings (SSSR count). The van der Waals surface area contributed by atoms with E-state index in [0.717, 1.165) is 30.4 Å². The summed E-state index contributed by atoms with van der Waals surface area (Å²) < 4.78 is 10.4. The Bertz CT molecular complexity index is 1080. The van der Waals surface area contributed by atoms with Crippen molar-refractivity contribution in [2.24, 2.45) is 0 Å². The zero-order chi connectivity index (χ0) is 25.0. The number of benzene rings is 2. The fourth-order valence-corrected chi connectivity index (χ4v) is 4.33. The number of amides is 4. The summed E-state index contributed by atoms with van der Waals surface area (Å²) in [5, 5.41) is 3.45. The van der Waals surface area contributed by atoms with E-state index in [9.17, 15) is 14.4 Å². The molecule has 2 saturated heterocycles.